The van der Waals surface area contributed by atoms with E-state index in [1.807, 2.05) is 35.2 Å². The first-order chi connectivity index (χ1) is 15.7. The zero-order chi connectivity index (χ0) is 21.9. The molecule has 0 bridgehead atoms. The second-order valence-electron chi connectivity index (χ2n) is 9.14. The minimum atomic E-state index is -0.0252. The Morgan fingerprint density at radius 3 is 2.41 bits per heavy atom. The number of carbonyl (C=O) groups excluding carboxylic acids is 2. The molecule has 2 fully saturated rings. The van der Waals surface area contributed by atoms with E-state index in [-0.39, 0.29) is 11.8 Å². The monoisotopic (exact) mass is 433 g/mol. The van der Waals surface area contributed by atoms with Crippen molar-refractivity contribution < 1.29 is 14.3 Å². The second kappa shape index (κ2) is 9.33. The summed E-state index contributed by atoms with van der Waals surface area (Å²) in [4.78, 5) is 29.6. The van der Waals surface area contributed by atoms with Crippen molar-refractivity contribution in [2.45, 2.75) is 44.6 Å². The van der Waals surface area contributed by atoms with Crippen LogP contribution in [0.25, 0.3) is 0 Å². The molecule has 1 aliphatic carbocycles. The Bertz CT molecular complexity index is 978. The number of nitrogens with zero attached hydrogens (tertiary/aromatic N) is 2. The molecule has 6 nitrogen and oxygen atoms in total. The molecular formula is C26H31N3O3. The summed E-state index contributed by atoms with van der Waals surface area (Å²) >= 11 is 0. The van der Waals surface area contributed by atoms with E-state index in [0.29, 0.717) is 23.1 Å². The number of ether oxygens (including phenoxy) is 1. The van der Waals surface area contributed by atoms with Crippen molar-refractivity contribution in [2.24, 2.45) is 0 Å². The van der Waals surface area contributed by atoms with E-state index < -0.39 is 0 Å². The van der Waals surface area contributed by atoms with E-state index in [1.54, 1.807) is 12.1 Å². The van der Waals surface area contributed by atoms with E-state index in [1.165, 1.54) is 19.3 Å². The van der Waals surface area contributed by atoms with Crippen LogP contribution < -0.4 is 10.1 Å². The minimum Gasteiger partial charge on any atom is -0.457 e. The Morgan fingerprint density at radius 1 is 0.938 bits per heavy atom. The zero-order valence-corrected chi connectivity index (χ0v) is 18.5. The van der Waals surface area contributed by atoms with Crippen LogP contribution >= 0.6 is 0 Å². The van der Waals surface area contributed by atoms with Gasteiger partial charge < -0.3 is 19.9 Å². The number of amides is 2. The molecule has 2 amide bonds. The molecule has 168 valence electrons. The lowest BCUT2D eigenvalue weighted by Gasteiger charge is -2.30. The number of rotatable bonds is 7. The first-order valence-electron chi connectivity index (χ1n) is 11.9. The van der Waals surface area contributed by atoms with Gasteiger partial charge in [-0.05, 0) is 99.6 Å². The molecule has 6 heteroatoms. The molecule has 1 saturated carbocycles. The lowest BCUT2D eigenvalue weighted by Crippen LogP contribution is -2.42. The van der Waals surface area contributed by atoms with Crippen LogP contribution in [0.15, 0.2) is 42.5 Å². The standard InChI is InChI=1S/C26H31N3O3/c30-25(27-21-4-3-5-21)19-6-8-22(9-7-19)32-23-10-11-24-20(18-23)12-15-29(26(24)31)17-16-28-13-1-2-14-28/h6-11,18,21H,1-5,12-17H2,(H,27,30). The van der Waals surface area contributed by atoms with Gasteiger partial charge in [-0.15, -0.1) is 0 Å². The molecule has 5 rings (SSSR count). The van der Waals surface area contributed by atoms with Gasteiger partial charge in [-0.1, -0.05) is 0 Å². The number of fused-ring (bicyclic) bond motifs is 1. The molecule has 1 saturated heterocycles. The van der Waals surface area contributed by atoms with Gasteiger partial charge in [-0.3, -0.25) is 9.59 Å². The topological polar surface area (TPSA) is 61.9 Å². The molecule has 2 aliphatic heterocycles. The van der Waals surface area contributed by atoms with Gasteiger partial charge in [0.15, 0.2) is 0 Å². The summed E-state index contributed by atoms with van der Waals surface area (Å²) in [6, 6.07) is 13.3. The maximum absolute atomic E-state index is 12.9. The number of nitrogens with one attached hydrogen (secondary N) is 1. The van der Waals surface area contributed by atoms with E-state index in [2.05, 4.69) is 10.2 Å². The van der Waals surface area contributed by atoms with Gasteiger partial charge in [0.1, 0.15) is 11.5 Å². The Kier molecular flexibility index (Phi) is 6.12. The molecule has 3 aliphatic rings. The lowest BCUT2D eigenvalue weighted by molar-refractivity contribution is 0.0724. The van der Waals surface area contributed by atoms with Crippen LogP contribution in [0.2, 0.25) is 0 Å². The fourth-order valence-electron chi connectivity index (χ4n) is 4.69. The van der Waals surface area contributed by atoms with Crippen molar-refractivity contribution in [1.82, 2.24) is 15.1 Å². The molecule has 2 aromatic carbocycles. The highest BCUT2D eigenvalue weighted by atomic mass is 16.5. The molecule has 0 spiro atoms. The number of hydrogen-bond donors (Lipinski definition) is 1. The van der Waals surface area contributed by atoms with Gasteiger partial charge in [0.25, 0.3) is 11.8 Å². The number of carbonyl (C=O) groups is 2. The second-order valence-corrected chi connectivity index (χ2v) is 9.14. The van der Waals surface area contributed by atoms with Gasteiger partial charge in [0.2, 0.25) is 0 Å². The minimum absolute atomic E-state index is 0.0252. The molecule has 0 unspecified atom stereocenters. The summed E-state index contributed by atoms with van der Waals surface area (Å²) in [5.74, 6) is 1.50. The van der Waals surface area contributed by atoms with Crippen LogP contribution in [-0.2, 0) is 6.42 Å². The van der Waals surface area contributed by atoms with E-state index in [0.717, 1.165) is 63.1 Å². The third-order valence-corrected chi connectivity index (χ3v) is 6.92. The molecule has 0 radical (unpaired) electrons. The Labute approximate surface area is 189 Å². The fourth-order valence-corrected chi connectivity index (χ4v) is 4.69. The first kappa shape index (κ1) is 21.0. The van der Waals surface area contributed by atoms with Crippen LogP contribution in [0.5, 0.6) is 11.5 Å². The molecule has 0 atom stereocenters. The summed E-state index contributed by atoms with van der Waals surface area (Å²) < 4.78 is 6.01. The molecule has 2 heterocycles. The number of hydrogen-bond acceptors (Lipinski definition) is 4. The predicted molar refractivity (Wildman–Crippen MR) is 123 cm³/mol. The third kappa shape index (κ3) is 4.65. The maximum atomic E-state index is 12.9. The van der Waals surface area contributed by atoms with Gasteiger partial charge in [-0.2, -0.15) is 0 Å². The zero-order valence-electron chi connectivity index (χ0n) is 18.5. The normalized spacial score (nSPS) is 18.9. The van der Waals surface area contributed by atoms with Crippen LogP contribution in [0.1, 0.15) is 58.4 Å². The summed E-state index contributed by atoms with van der Waals surface area (Å²) in [5.41, 5.74) is 2.48. The van der Waals surface area contributed by atoms with Crippen LogP contribution in [-0.4, -0.2) is 60.4 Å². The summed E-state index contributed by atoms with van der Waals surface area (Å²) in [6.45, 7) is 4.85. The van der Waals surface area contributed by atoms with Crippen molar-refractivity contribution in [1.29, 1.82) is 0 Å². The van der Waals surface area contributed by atoms with Crippen LogP contribution in [0.3, 0.4) is 0 Å². The molecule has 2 aromatic rings. The Hall–Kier alpha value is -2.86. The third-order valence-electron chi connectivity index (χ3n) is 6.92. The summed E-state index contributed by atoms with van der Waals surface area (Å²) in [7, 11) is 0. The van der Waals surface area contributed by atoms with Crippen molar-refractivity contribution in [3.63, 3.8) is 0 Å². The SMILES string of the molecule is O=C(NC1CCC1)c1ccc(Oc2ccc3c(c2)CCN(CCN2CCCC2)C3=O)cc1. The van der Waals surface area contributed by atoms with Gasteiger partial charge in [-0.25, -0.2) is 0 Å². The van der Waals surface area contributed by atoms with Gasteiger partial charge in [0.05, 0.1) is 0 Å². The largest absolute Gasteiger partial charge is 0.457 e. The highest BCUT2D eigenvalue weighted by Gasteiger charge is 2.25. The maximum Gasteiger partial charge on any atom is 0.254 e. The highest BCUT2D eigenvalue weighted by Crippen LogP contribution is 2.28. The summed E-state index contributed by atoms with van der Waals surface area (Å²) in [6.07, 6.45) is 6.74. The molecule has 1 N–H and O–H groups in total. The molecule has 32 heavy (non-hydrogen) atoms. The smallest absolute Gasteiger partial charge is 0.254 e. The lowest BCUT2D eigenvalue weighted by atomic mass is 9.93. The summed E-state index contributed by atoms with van der Waals surface area (Å²) in [5, 5.41) is 3.05. The van der Waals surface area contributed by atoms with Crippen molar-refractivity contribution in [3.05, 3.63) is 59.2 Å². The average Bonchev–Trinajstić information content (AvgIpc) is 3.30. The van der Waals surface area contributed by atoms with Crippen LogP contribution in [0.4, 0.5) is 0 Å². The predicted octanol–water partition coefficient (Wildman–Crippen LogP) is 3.86. The number of likely N-dealkylation sites (tertiary alicyclic amines) is 1. The van der Waals surface area contributed by atoms with E-state index in [4.69, 9.17) is 4.74 Å². The first-order valence-corrected chi connectivity index (χ1v) is 11.9. The van der Waals surface area contributed by atoms with E-state index >= 15 is 0 Å². The quantitative estimate of drug-likeness (QED) is 0.720. The van der Waals surface area contributed by atoms with Crippen molar-refractivity contribution >= 4 is 11.8 Å². The average molecular weight is 434 g/mol. The van der Waals surface area contributed by atoms with Gasteiger partial charge >= 0.3 is 0 Å². The van der Waals surface area contributed by atoms with E-state index in [9.17, 15) is 9.59 Å². The highest BCUT2D eigenvalue weighted by molar-refractivity contribution is 5.97. The van der Waals surface area contributed by atoms with Crippen LogP contribution in [0, 0.1) is 0 Å². The van der Waals surface area contributed by atoms with Gasteiger partial charge in [0, 0.05) is 36.8 Å². The Balaban J connectivity index is 1.19. The molecule has 0 aromatic heterocycles. The van der Waals surface area contributed by atoms with Crippen molar-refractivity contribution in [3.8, 4) is 11.5 Å². The van der Waals surface area contributed by atoms with Crippen molar-refractivity contribution in [2.75, 3.05) is 32.7 Å². The molecular weight excluding hydrogens is 402 g/mol. The number of benzene rings is 2. The Morgan fingerprint density at radius 2 is 1.69 bits per heavy atom. The fraction of sp³-hybridized carbons (Fsp3) is 0.462.